The lowest BCUT2D eigenvalue weighted by Gasteiger charge is -2.32. The van der Waals surface area contributed by atoms with E-state index >= 15 is 0 Å². The number of aryl methyl sites for hydroxylation is 1. The Morgan fingerprint density at radius 2 is 1.88 bits per heavy atom. The van der Waals surface area contributed by atoms with Crippen LogP contribution in [0.1, 0.15) is 34.8 Å². The average Bonchev–Trinajstić information content (AvgIpc) is 2.83. The Balaban J connectivity index is 1.78. The lowest BCUT2D eigenvalue weighted by Crippen LogP contribution is -2.35. The third kappa shape index (κ3) is 4.64. The second kappa shape index (κ2) is 9.62. The normalized spacial score (nSPS) is 13.8. The molecule has 34 heavy (non-hydrogen) atoms. The third-order valence-corrected chi connectivity index (χ3v) is 6.20. The van der Waals surface area contributed by atoms with Crippen molar-refractivity contribution >= 4 is 40.5 Å². The van der Waals surface area contributed by atoms with E-state index in [-0.39, 0.29) is 16.7 Å². The number of carbonyl (C=O) groups is 2. The molecule has 5 N–H and O–H groups in total. The molecule has 1 unspecified atom stereocenters. The number of aromatic nitrogens is 1. The number of amides is 2. The van der Waals surface area contributed by atoms with Crippen molar-refractivity contribution in [3.05, 3.63) is 94.0 Å². The van der Waals surface area contributed by atoms with E-state index in [0.717, 1.165) is 16.7 Å². The number of hydrogen-bond donors (Lipinski definition) is 3. The minimum atomic E-state index is -0.566. The van der Waals surface area contributed by atoms with Gasteiger partial charge in [-0.15, -0.1) is 0 Å². The topological polar surface area (TPSA) is 114 Å². The SMILES string of the molecule is CC(C(N)=O)C1=C(N(N)c2ccc(F)cc2)c2cc(NC(=O)c3ccncc3Cl)ccc2CC1. The Morgan fingerprint density at radius 1 is 1.15 bits per heavy atom. The Hall–Kier alpha value is -3.75. The molecule has 4 rings (SSSR count). The molecule has 0 bridgehead atoms. The van der Waals surface area contributed by atoms with Crippen molar-refractivity contribution in [2.45, 2.75) is 19.8 Å². The maximum absolute atomic E-state index is 13.5. The Bertz CT molecular complexity index is 1290. The van der Waals surface area contributed by atoms with Gasteiger partial charge in [-0.05, 0) is 73.4 Å². The molecule has 7 nitrogen and oxygen atoms in total. The molecule has 1 heterocycles. The molecule has 1 atom stereocenters. The number of halogens is 2. The Morgan fingerprint density at radius 3 is 2.56 bits per heavy atom. The first-order valence-electron chi connectivity index (χ1n) is 10.6. The third-order valence-electron chi connectivity index (χ3n) is 5.90. The number of rotatable bonds is 6. The minimum Gasteiger partial charge on any atom is -0.369 e. The van der Waals surface area contributed by atoms with Crippen LogP contribution in [0, 0.1) is 11.7 Å². The van der Waals surface area contributed by atoms with E-state index in [1.54, 1.807) is 31.2 Å². The summed E-state index contributed by atoms with van der Waals surface area (Å²) in [5.74, 6) is 4.70. The smallest absolute Gasteiger partial charge is 0.257 e. The summed E-state index contributed by atoms with van der Waals surface area (Å²) in [5, 5.41) is 4.51. The van der Waals surface area contributed by atoms with E-state index < -0.39 is 11.8 Å². The summed E-state index contributed by atoms with van der Waals surface area (Å²) in [6.07, 6.45) is 4.14. The number of benzene rings is 2. The van der Waals surface area contributed by atoms with Crippen LogP contribution in [0.3, 0.4) is 0 Å². The summed E-state index contributed by atoms with van der Waals surface area (Å²) in [6, 6.07) is 12.8. The largest absolute Gasteiger partial charge is 0.369 e. The van der Waals surface area contributed by atoms with E-state index in [9.17, 15) is 14.0 Å². The summed E-state index contributed by atoms with van der Waals surface area (Å²) >= 11 is 6.10. The molecule has 0 saturated heterocycles. The van der Waals surface area contributed by atoms with Crippen molar-refractivity contribution < 1.29 is 14.0 Å². The molecule has 2 aromatic carbocycles. The fourth-order valence-corrected chi connectivity index (χ4v) is 4.22. The van der Waals surface area contributed by atoms with Gasteiger partial charge in [0.05, 0.1) is 27.9 Å². The summed E-state index contributed by atoms with van der Waals surface area (Å²) in [6.45, 7) is 1.73. The summed E-state index contributed by atoms with van der Waals surface area (Å²) in [5.41, 5.74) is 10.1. The van der Waals surface area contributed by atoms with Gasteiger partial charge in [-0.25, -0.2) is 10.2 Å². The van der Waals surface area contributed by atoms with Gasteiger partial charge in [0.1, 0.15) is 5.82 Å². The Kier molecular flexibility index (Phi) is 6.63. The predicted molar refractivity (Wildman–Crippen MR) is 130 cm³/mol. The number of anilines is 2. The summed E-state index contributed by atoms with van der Waals surface area (Å²) in [7, 11) is 0. The van der Waals surface area contributed by atoms with Crippen LogP contribution in [-0.4, -0.2) is 16.8 Å². The standard InChI is InChI=1S/C25H23ClFN5O2/c1-14(24(28)33)19-9-3-15-2-6-17(31-25(34)20-10-11-30-13-22(20)26)12-21(15)23(19)32(29)18-7-4-16(27)5-8-18/h2,4-8,10-14H,3,9,29H2,1H3,(H2,28,33)(H,31,34). The molecule has 0 aliphatic heterocycles. The molecule has 1 aliphatic carbocycles. The van der Waals surface area contributed by atoms with Crippen LogP contribution in [0.25, 0.3) is 5.70 Å². The number of nitrogens with two attached hydrogens (primary N) is 2. The highest BCUT2D eigenvalue weighted by Crippen LogP contribution is 2.39. The quantitative estimate of drug-likeness (QED) is 0.360. The number of nitrogens with zero attached hydrogens (tertiary/aromatic N) is 2. The van der Waals surface area contributed by atoms with Crippen LogP contribution in [-0.2, 0) is 11.2 Å². The molecule has 9 heteroatoms. The second-order valence-corrected chi connectivity index (χ2v) is 8.43. The number of hydrazine groups is 1. The van der Waals surface area contributed by atoms with E-state index in [4.69, 9.17) is 23.2 Å². The number of fused-ring (bicyclic) bond motifs is 1. The fourth-order valence-electron chi connectivity index (χ4n) is 4.02. The molecule has 0 spiro atoms. The molecule has 0 radical (unpaired) electrons. The van der Waals surface area contributed by atoms with Gasteiger partial charge in [-0.2, -0.15) is 0 Å². The molecule has 1 aliphatic rings. The van der Waals surface area contributed by atoms with Crippen molar-refractivity contribution in [1.29, 1.82) is 0 Å². The average molecular weight is 480 g/mol. The molecule has 3 aromatic rings. The minimum absolute atomic E-state index is 0.237. The van der Waals surface area contributed by atoms with Crippen LogP contribution < -0.4 is 21.9 Å². The van der Waals surface area contributed by atoms with Crippen molar-refractivity contribution in [2.75, 3.05) is 10.3 Å². The van der Waals surface area contributed by atoms with E-state index in [2.05, 4.69) is 10.3 Å². The zero-order chi connectivity index (χ0) is 24.4. The lowest BCUT2D eigenvalue weighted by atomic mass is 9.83. The predicted octanol–water partition coefficient (Wildman–Crippen LogP) is 4.29. The van der Waals surface area contributed by atoms with Gasteiger partial charge in [0, 0.05) is 23.6 Å². The van der Waals surface area contributed by atoms with Crippen LogP contribution >= 0.6 is 11.6 Å². The highest BCUT2D eigenvalue weighted by molar-refractivity contribution is 6.34. The fraction of sp³-hybridized carbons (Fsp3) is 0.160. The number of pyridine rings is 1. The number of nitrogens with one attached hydrogen (secondary N) is 1. The molecule has 174 valence electrons. The molecular weight excluding hydrogens is 457 g/mol. The van der Waals surface area contributed by atoms with Gasteiger partial charge in [-0.1, -0.05) is 17.7 Å². The number of carbonyl (C=O) groups excluding carboxylic acids is 2. The molecule has 0 saturated carbocycles. The van der Waals surface area contributed by atoms with Gasteiger partial charge < -0.3 is 11.1 Å². The second-order valence-electron chi connectivity index (χ2n) is 8.03. The van der Waals surface area contributed by atoms with E-state index in [0.29, 0.717) is 35.5 Å². The molecule has 1 aromatic heterocycles. The van der Waals surface area contributed by atoms with Gasteiger partial charge in [0.2, 0.25) is 5.91 Å². The van der Waals surface area contributed by atoms with Gasteiger partial charge in [0.15, 0.2) is 0 Å². The Labute approximate surface area is 201 Å². The monoisotopic (exact) mass is 479 g/mol. The summed E-state index contributed by atoms with van der Waals surface area (Å²) < 4.78 is 13.5. The van der Waals surface area contributed by atoms with Crippen molar-refractivity contribution in [1.82, 2.24) is 4.98 Å². The first-order chi connectivity index (χ1) is 16.3. The lowest BCUT2D eigenvalue weighted by molar-refractivity contribution is -0.120. The zero-order valence-corrected chi connectivity index (χ0v) is 19.1. The van der Waals surface area contributed by atoms with E-state index in [1.165, 1.54) is 35.6 Å². The van der Waals surface area contributed by atoms with E-state index in [1.807, 2.05) is 6.07 Å². The number of hydrogen-bond acceptors (Lipinski definition) is 5. The van der Waals surface area contributed by atoms with Gasteiger partial charge in [0.25, 0.3) is 5.91 Å². The zero-order valence-electron chi connectivity index (χ0n) is 18.4. The molecule has 2 amide bonds. The summed E-state index contributed by atoms with van der Waals surface area (Å²) in [4.78, 5) is 28.7. The first-order valence-corrected chi connectivity index (χ1v) is 11.0. The maximum Gasteiger partial charge on any atom is 0.257 e. The van der Waals surface area contributed by atoms with Crippen LogP contribution in [0.5, 0.6) is 0 Å². The van der Waals surface area contributed by atoms with Crippen molar-refractivity contribution in [3.8, 4) is 0 Å². The van der Waals surface area contributed by atoms with Gasteiger partial charge >= 0.3 is 0 Å². The van der Waals surface area contributed by atoms with Crippen molar-refractivity contribution in [3.63, 3.8) is 0 Å². The van der Waals surface area contributed by atoms with Crippen molar-refractivity contribution in [2.24, 2.45) is 17.5 Å². The van der Waals surface area contributed by atoms with Crippen LogP contribution in [0.4, 0.5) is 15.8 Å². The highest BCUT2D eigenvalue weighted by Gasteiger charge is 2.29. The first kappa shape index (κ1) is 23.4. The molecule has 0 fully saturated rings. The van der Waals surface area contributed by atoms with Crippen LogP contribution in [0.15, 0.2) is 66.5 Å². The van der Waals surface area contributed by atoms with Gasteiger partial charge in [-0.3, -0.25) is 19.6 Å². The van der Waals surface area contributed by atoms with Crippen LogP contribution in [0.2, 0.25) is 5.02 Å². The number of primary amides is 1. The highest BCUT2D eigenvalue weighted by atomic mass is 35.5. The molecular formula is C25H23ClFN5O2. The maximum atomic E-state index is 13.5.